The minimum atomic E-state index is -4.54. The van der Waals surface area contributed by atoms with Crippen LogP contribution in [-0.4, -0.2) is 49.7 Å². The third-order valence-electron chi connectivity index (χ3n) is 4.98. The topological polar surface area (TPSA) is 102 Å². The minimum Gasteiger partial charge on any atom is -0.482 e. The second-order valence-electron chi connectivity index (χ2n) is 7.37. The first-order chi connectivity index (χ1) is 14.9. The van der Waals surface area contributed by atoms with Crippen LogP contribution in [-0.2, 0) is 14.8 Å². The molecule has 1 fully saturated rings. The third-order valence-corrected chi connectivity index (χ3v) is 7.36. The van der Waals surface area contributed by atoms with Crippen LogP contribution in [0.3, 0.4) is 0 Å². The highest BCUT2D eigenvalue weighted by atomic mass is 35.5. The molecule has 32 heavy (non-hydrogen) atoms. The smallest absolute Gasteiger partial charge is 0.422 e. The molecule has 0 spiro atoms. The van der Waals surface area contributed by atoms with Crippen molar-refractivity contribution >= 4 is 33.2 Å². The van der Waals surface area contributed by atoms with Gasteiger partial charge in [0.25, 0.3) is 0 Å². The summed E-state index contributed by atoms with van der Waals surface area (Å²) in [4.78, 5) is 12.7. The maximum atomic E-state index is 12.9. The van der Waals surface area contributed by atoms with Crippen LogP contribution in [0.4, 0.5) is 18.9 Å². The zero-order valence-corrected chi connectivity index (χ0v) is 18.8. The van der Waals surface area contributed by atoms with Gasteiger partial charge in [-0.05, 0) is 44.9 Å². The third kappa shape index (κ3) is 5.54. The molecule has 1 aromatic carbocycles. The van der Waals surface area contributed by atoms with Crippen molar-refractivity contribution < 1.29 is 35.6 Å². The van der Waals surface area contributed by atoms with Crippen LogP contribution >= 0.6 is 11.6 Å². The van der Waals surface area contributed by atoms with E-state index in [9.17, 15) is 26.4 Å². The lowest BCUT2D eigenvalue weighted by molar-refractivity contribution is -0.153. The van der Waals surface area contributed by atoms with Gasteiger partial charge < -0.3 is 14.6 Å². The van der Waals surface area contributed by atoms with Gasteiger partial charge in [-0.15, -0.1) is 0 Å². The average molecular weight is 496 g/mol. The predicted molar refractivity (Wildman–Crippen MR) is 109 cm³/mol. The number of benzene rings is 1. The number of amides is 1. The van der Waals surface area contributed by atoms with E-state index in [1.54, 1.807) is 0 Å². The van der Waals surface area contributed by atoms with Crippen LogP contribution in [0.2, 0.25) is 5.02 Å². The first-order valence-electron chi connectivity index (χ1n) is 9.61. The summed E-state index contributed by atoms with van der Waals surface area (Å²) in [5.41, 5.74) is 0.271. The van der Waals surface area contributed by atoms with Gasteiger partial charge in [0.15, 0.2) is 12.4 Å². The molecule has 0 aliphatic carbocycles. The molecule has 3 rings (SSSR count). The normalized spacial score (nSPS) is 16.2. The van der Waals surface area contributed by atoms with E-state index >= 15 is 0 Å². The average Bonchev–Trinajstić information content (AvgIpc) is 3.05. The molecule has 1 amide bonds. The summed E-state index contributed by atoms with van der Waals surface area (Å²) < 4.78 is 74.2. The number of aromatic nitrogens is 1. The van der Waals surface area contributed by atoms with Gasteiger partial charge in [-0.1, -0.05) is 16.8 Å². The Morgan fingerprint density at radius 3 is 2.53 bits per heavy atom. The van der Waals surface area contributed by atoms with Gasteiger partial charge in [0.05, 0.1) is 5.69 Å². The van der Waals surface area contributed by atoms with E-state index < -0.39 is 34.6 Å². The summed E-state index contributed by atoms with van der Waals surface area (Å²) in [6, 6.07) is 3.88. The molecule has 0 saturated carbocycles. The molecule has 1 N–H and O–H groups in total. The lowest BCUT2D eigenvalue weighted by Crippen LogP contribution is -2.41. The Morgan fingerprint density at radius 1 is 1.31 bits per heavy atom. The summed E-state index contributed by atoms with van der Waals surface area (Å²) in [7, 11) is -3.82. The number of alkyl halides is 3. The van der Waals surface area contributed by atoms with Crippen molar-refractivity contribution in [3.63, 3.8) is 0 Å². The number of anilines is 1. The molecule has 0 radical (unpaired) electrons. The van der Waals surface area contributed by atoms with E-state index in [-0.39, 0.29) is 58.7 Å². The van der Waals surface area contributed by atoms with Crippen molar-refractivity contribution in [1.82, 2.24) is 9.46 Å². The Labute approximate surface area is 187 Å². The zero-order valence-electron chi connectivity index (χ0n) is 17.2. The molecule has 13 heteroatoms. The van der Waals surface area contributed by atoms with Gasteiger partial charge in [-0.25, -0.2) is 8.42 Å². The monoisotopic (exact) mass is 495 g/mol. The number of ether oxygens (including phenoxy) is 1. The maximum Gasteiger partial charge on any atom is 0.422 e. The quantitative estimate of drug-likeness (QED) is 0.651. The second kappa shape index (κ2) is 9.28. The van der Waals surface area contributed by atoms with Crippen LogP contribution in [0, 0.1) is 19.8 Å². The van der Waals surface area contributed by atoms with E-state index in [0.29, 0.717) is 0 Å². The van der Waals surface area contributed by atoms with Gasteiger partial charge in [0, 0.05) is 24.0 Å². The molecular formula is C19H21ClF3N3O5S. The second-order valence-corrected chi connectivity index (χ2v) is 9.68. The molecule has 1 saturated heterocycles. The molecule has 176 valence electrons. The lowest BCUT2D eigenvalue weighted by Gasteiger charge is -2.30. The first-order valence-corrected chi connectivity index (χ1v) is 11.4. The van der Waals surface area contributed by atoms with Gasteiger partial charge in [0.2, 0.25) is 15.9 Å². The van der Waals surface area contributed by atoms with Crippen LogP contribution in [0.15, 0.2) is 27.6 Å². The molecule has 2 aromatic rings. The molecule has 0 unspecified atom stereocenters. The van der Waals surface area contributed by atoms with Crippen molar-refractivity contribution in [2.45, 2.75) is 37.8 Å². The summed E-state index contributed by atoms with van der Waals surface area (Å²) in [5, 5.41) is 6.43. The van der Waals surface area contributed by atoms with Crippen LogP contribution in [0.1, 0.15) is 24.3 Å². The number of sulfonamides is 1. The number of hydrogen-bond acceptors (Lipinski definition) is 6. The van der Waals surface area contributed by atoms with Crippen LogP contribution in [0.25, 0.3) is 0 Å². The van der Waals surface area contributed by atoms with Gasteiger partial charge >= 0.3 is 6.18 Å². The highest BCUT2D eigenvalue weighted by molar-refractivity contribution is 7.89. The van der Waals surface area contributed by atoms with Gasteiger partial charge in [-0.3, -0.25) is 4.79 Å². The van der Waals surface area contributed by atoms with Crippen molar-refractivity contribution in [1.29, 1.82) is 0 Å². The summed E-state index contributed by atoms with van der Waals surface area (Å²) in [5.74, 6) is -0.979. The number of rotatable bonds is 6. The fourth-order valence-corrected chi connectivity index (χ4v) is 5.38. The Balaban J connectivity index is 1.66. The largest absolute Gasteiger partial charge is 0.482 e. The number of hydrogen-bond donors (Lipinski definition) is 1. The molecule has 1 aliphatic rings. The molecule has 1 aromatic heterocycles. The molecule has 0 atom stereocenters. The Hall–Kier alpha value is -2.31. The van der Waals surface area contributed by atoms with E-state index in [0.717, 1.165) is 0 Å². The highest BCUT2D eigenvalue weighted by Gasteiger charge is 2.36. The number of nitrogens with zero attached hydrogens (tertiary/aromatic N) is 2. The molecule has 8 nitrogen and oxygen atoms in total. The number of carbonyl (C=O) groups is 1. The predicted octanol–water partition coefficient (Wildman–Crippen LogP) is 3.93. The Bertz CT molecular complexity index is 1080. The number of halogens is 4. The Morgan fingerprint density at radius 2 is 1.97 bits per heavy atom. The van der Waals surface area contributed by atoms with E-state index in [1.807, 2.05) is 0 Å². The summed E-state index contributed by atoms with van der Waals surface area (Å²) >= 11 is 5.90. The van der Waals surface area contributed by atoms with Crippen molar-refractivity contribution in [3.05, 3.63) is 34.7 Å². The zero-order chi connectivity index (χ0) is 23.7. The standard InChI is InChI=1S/C19H21ClF3N3O5S/c1-11-17(12(2)31-25-11)32(28,29)26-7-5-13(6-8-26)18(27)24-15-9-14(20)3-4-16(15)30-10-19(21,22)23/h3-4,9,13H,5-8,10H2,1-2H3,(H,24,27). The molecule has 0 bridgehead atoms. The van der Waals surface area contributed by atoms with E-state index in [1.165, 1.54) is 36.4 Å². The summed E-state index contributed by atoms with van der Waals surface area (Å²) in [6.07, 6.45) is -4.08. The van der Waals surface area contributed by atoms with Crippen LogP contribution in [0.5, 0.6) is 5.75 Å². The fourth-order valence-electron chi connectivity index (χ4n) is 3.45. The summed E-state index contributed by atoms with van der Waals surface area (Å²) in [6.45, 7) is 1.72. The fraction of sp³-hybridized carbons (Fsp3) is 0.474. The van der Waals surface area contributed by atoms with Crippen molar-refractivity contribution in [2.24, 2.45) is 5.92 Å². The minimum absolute atomic E-state index is 0.0116. The van der Waals surface area contributed by atoms with Crippen molar-refractivity contribution in [3.8, 4) is 5.75 Å². The first kappa shape index (κ1) is 24.3. The number of aryl methyl sites for hydroxylation is 2. The lowest BCUT2D eigenvalue weighted by atomic mass is 9.97. The molecule has 2 heterocycles. The van der Waals surface area contributed by atoms with Crippen molar-refractivity contribution in [2.75, 3.05) is 25.0 Å². The number of carbonyl (C=O) groups excluding carboxylic acids is 1. The van der Waals surface area contributed by atoms with Gasteiger partial charge in [-0.2, -0.15) is 17.5 Å². The molecule has 1 aliphatic heterocycles. The maximum absolute atomic E-state index is 12.9. The molecular weight excluding hydrogens is 475 g/mol. The highest BCUT2D eigenvalue weighted by Crippen LogP contribution is 2.32. The number of piperidine rings is 1. The van der Waals surface area contributed by atoms with E-state index in [4.69, 9.17) is 20.9 Å². The Kier molecular flexibility index (Phi) is 7.06. The SMILES string of the molecule is Cc1noc(C)c1S(=O)(=O)N1CCC(C(=O)Nc2cc(Cl)ccc2OCC(F)(F)F)CC1. The van der Waals surface area contributed by atoms with Crippen LogP contribution < -0.4 is 10.1 Å². The number of nitrogens with one attached hydrogen (secondary N) is 1. The van der Waals surface area contributed by atoms with E-state index in [2.05, 4.69) is 10.5 Å². The van der Waals surface area contributed by atoms with Gasteiger partial charge in [0.1, 0.15) is 16.3 Å².